The summed E-state index contributed by atoms with van der Waals surface area (Å²) in [4.78, 5) is 11.4. The molecule has 1 fully saturated rings. The number of alkyl halides is 2. The summed E-state index contributed by atoms with van der Waals surface area (Å²) in [5.41, 5.74) is 0.0740. The maximum Gasteiger partial charge on any atom is 0.254 e. The molecule has 0 spiro atoms. The van der Waals surface area contributed by atoms with E-state index in [9.17, 15) is 15.0 Å². The minimum Gasteiger partial charge on any atom is -0.394 e. The van der Waals surface area contributed by atoms with E-state index in [2.05, 4.69) is 15.9 Å². The number of aliphatic hydroxyl groups is 2. The zero-order valence-corrected chi connectivity index (χ0v) is 18.8. The lowest BCUT2D eigenvalue weighted by Crippen LogP contribution is -2.65. The number of halogens is 2. The Balaban J connectivity index is 1.88. The van der Waals surface area contributed by atoms with Gasteiger partial charge in [0.2, 0.25) is 0 Å². The summed E-state index contributed by atoms with van der Waals surface area (Å²) in [7, 11) is 0. The number of aldehydes is 1. The minimum absolute atomic E-state index is 0.117. The number of aliphatic hydroxyl groups excluding tert-OH is 1. The number of carbonyl (C=O) groups excluding carboxylic acids is 1. The zero-order chi connectivity index (χ0) is 23.1. The van der Waals surface area contributed by atoms with Crippen LogP contribution in [0.2, 0.25) is 0 Å². The standard InChI is InChI=1S/C22H24BrClO7/c23-22(27)21(29-14-16-9-5-2-6-10-16)20(28-13-15-7-3-1-4-8-15)19(17(11-25)31-22)30-18(24)12-26/h1-10,12,17-21,25,27H,11,13-14H2/t17-,18?,19-,20+,21-,22?/m1/s1/i12D. The van der Waals surface area contributed by atoms with Gasteiger partial charge >= 0.3 is 0 Å². The lowest BCUT2D eigenvalue weighted by molar-refractivity contribution is -0.327. The molecular weight excluding hydrogens is 492 g/mol. The molecule has 2 aromatic rings. The van der Waals surface area contributed by atoms with Crippen molar-refractivity contribution < 1.29 is 35.3 Å². The van der Waals surface area contributed by atoms with Gasteiger partial charge in [-0.15, -0.1) is 0 Å². The normalized spacial score (nSPS) is 29.9. The summed E-state index contributed by atoms with van der Waals surface area (Å²) in [6.07, 6.45) is -5.54. The first-order valence-corrected chi connectivity index (χ1v) is 10.9. The highest BCUT2D eigenvalue weighted by atomic mass is 79.9. The zero-order valence-electron chi connectivity index (χ0n) is 17.5. The fourth-order valence-electron chi connectivity index (χ4n) is 3.31. The van der Waals surface area contributed by atoms with E-state index < -0.39 is 47.5 Å². The van der Waals surface area contributed by atoms with Gasteiger partial charge in [-0.3, -0.25) is 4.79 Å². The van der Waals surface area contributed by atoms with Crippen molar-refractivity contribution in [2.24, 2.45) is 0 Å². The number of ether oxygens (including phenoxy) is 4. The number of hydrogen-bond acceptors (Lipinski definition) is 7. The average Bonchev–Trinajstić information content (AvgIpc) is 2.79. The van der Waals surface area contributed by atoms with Crippen LogP contribution in [0.5, 0.6) is 0 Å². The van der Waals surface area contributed by atoms with E-state index in [4.69, 9.17) is 31.9 Å². The van der Waals surface area contributed by atoms with Crippen molar-refractivity contribution >= 4 is 33.8 Å². The highest BCUT2D eigenvalue weighted by Crippen LogP contribution is 2.38. The second kappa shape index (κ2) is 11.5. The molecule has 1 aliphatic heterocycles. The molecule has 3 rings (SSSR count). The molecule has 0 saturated carbocycles. The van der Waals surface area contributed by atoms with Gasteiger partial charge in [0.05, 0.1) is 19.8 Å². The number of hydrogen-bond donors (Lipinski definition) is 2. The largest absolute Gasteiger partial charge is 0.394 e. The van der Waals surface area contributed by atoms with Crippen LogP contribution in [0.3, 0.4) is 0 Å². The first-order chi connectivity index (χ1) is 15.3. The second-order valence-electron chi connectivity index (χ2n) is 6.96. The summed E-state index contributed by atoms with van der Waals surface area (Å²) >= 11 is 9.01. The van der Waals surface area contributed by atoms with Crippen molar-refractivity contribution in [2.75, 3.05) is 6.61 Å². The van der Waals surface area contributed by atoms with Crippen molar-refractivity contribution in [1.82, 2.24) is 0 Å². The molecular formula is C22H24BrClO7. The van der Waals surface area contributed by atoms with E-state index in [1.54, 1.807) is 0 Å². The van der Waals surface area contributed by atoms with Gasteiger partial charge in [-0.05, 0) is 27.1 Å². The van der Waals surface area contributed by atoms with Gasteiger partial charge in [0.25, 0.3) is 4.70 Å². The van der Waals surface area contributed by atoms with E-state index >= 15 is 0 Å². The monoisotopic (exact) mass is 515 g/mol. The van der Waals surface area contributed by atoms with Crippen LogP contribution < -0.4 is 0 Å². The summed E-state index contributed by atoms with van der Waals surface area (Å²) in [5, 5.41) is 20.8. The van der Waals surface area contributed by atoms with Crippen LogP contribution in [0.4, 0.5) is 0 Å². The quantitative estimate of drug-likeness (QED) is 0.370. The van der Waals surface area contributed by atoms with Crippen molar-refractivity contribution in [3.63, 3.8) is 0 Å². The number of rotatable bonds is 10. The molecule has 0 amide bonds. The third-order valence-corrected chi connectivity index (χ3v) is 5.59. The maximum absolute atomic E-state index is 11.4. The first-order valence-electron chi connectivity index (χ1n) is 10.1. The Morgan fingerprint density at radius 3 is 2.16 bits per heavy atom. The molecule has 168 valence electrons. The average molecular weight is 517 g/mol. The Labute approximate surface area is 195 Å². The van der Waals surface area contributed by atoms with Gasteiger partial charge in [0.1, 0.15) is 19.7 Å². The van der Waals surface area contributed by atoms with E-state index in [-0.39, 0.29) is 13.2 Å². The lowest BCUT2D eigenvalue weighted by atomic mass is 9.98. The Kier molecular flexibility index (Phi) is 8.46. The van der Waals surface area contributed by atoms with Crippen LogP contribution >= 0.6 is 27.5 Å². The van der Waals surface area contributed by atoms with Crippen LogP contribution in [0.25, 0.3) is 0 Å². The molecule has 2 aromatic carbocycles. The molecule has 2 unspecified atom stereocenters. The van der Waals surface area contributed by atoms with Crippen LogP contribution in [0.1, 0.15) is 12.5 Å². The van der Waals surface area contributed by atoms with E-state index in [0.717, 1.165) is 11.1 Å². The van der Waals surface area contributed by atoms with Crippen LogP contribution in [0, 0.1) is 0 Å². The summed E-state index contributed by atoms with van der Waals surface area (Å²) in [6.45, 7) is -0.323. The molecule has 6 atom stereocenters. The van der Waals surface area contributed by atoms with Gasteiger partial charge < -0.3 is 29.2 Å². The number of benzene rings is 2. The smallest absolute Gasteiger partial charge is 0.254 e. The predicted molar refractivity (Wildman–Crippen MR) is 116 cm³/mol. The lowest BCUT2D eigenvalue weighted by Gasteiger charge is -2.47. The van der Waals surface area contributed by atoms with E-state index in [1.807, 2.05) is 60.7 Å². The topological polar surface area (TPSA) is 94.5 Å². The van der Waals surface area contributed by atoms with Gasteiger partial charge in [0.15, 0.2) is 17.9 Å². The minimum atomic E-state index is -2.02. The summed E-state index contributed by atoms with van der Waals surface area (Å²) < 4.78 is 28.3. The van der Waals surface area contributed by atoms with Gasteiger partial charge in [-0.25, -0.2) is 0 Å². The van der Waals surface area contributed by atoms with Gasteiger partial charge in [0, 0.05) is 0 Å². The Bertz CT molecular complexity index is 858. The van der Waals surface area contributed by atoms with Crippen molar-refractivity contribution in [3.8, 4) is 0 Å². The first kappa shape index (κ1) is 22.8. The highest BCUT2D eigenvalue weighted by Gasteiger charge is 2.55. The fraction of sp³-hybridized carbons (Fsp3) is 0.409. The van der Waals surface area contributed by atoms with E-state index in [1.165, 1.54) is 0 Å². The molecule has 7 nitrogen and oxygen atoms in total. The Hall–Kier alpha value is -1.36. The molecule has 31 heavy (non-hydrogen) atoms. The molecule has 0 aliphatic carbocycles. The van der Waals surface area contributed by atoms with Gasteiger partial charge in [-0.1, -0.05) is 72.3 Å². The molecule has 0 bridgehead atoms. The molecule has 1 heterocycles. The van der Waals surface area contributed by atoms with Gasteiger partial charge in [-0.2, -0.15) is 0 Å². The maximum atomic E-state index is 11.4. The fourth-order valence-corrected chi connectivity index (χ4v) is 4.06. The van der Waals surface area contributed by atoms with Crippen LogP contribution in [-0.4, -0.2) is 57.8 Å². The predicted octanol–water partition coefficient (Wildman–Crippen LogP) is 2.74. The summed E-state index contributed by atoms with van der Waals surface area (Å²) in [6, 6.07) is 18.6. The Morgan fingerprint density at radius 1 is 1.10 bits per heavy atom. The molecule has 9 heteroatoms. The molecule has 0 radical (unpaired) electrons. The third kappa shape index (κ3) is 6.57. The highest BCUT2D eigenvalue weighted by molar-refractivity contribution is 9.10. The molecule has 0 aromatic heterocycles. The van der Waals surface area contributed by atoms with Crippen LogP contribution in [-0.2, 0) is 37.0 Å². The number of carbonyl (C=O) groups is 1. The Morgan fingerprint density at radius 2 is 1.65 bits per heavy atom. The molecule has 1 saturated heterocycles. The molecule has 2 N–H and O–H groups in total. The van der Waals surface area contributed by atoms with E-state index in [0.29, 0.717) is 0 Å². The van der Waals surface area contributed by atoms with Crippen molar-refractivity contribution in [3.05, 3.63) is 71.8 Å². The van der Waals surface area contributed by atoms with Crippen molar-refractivity contribution in [2.45, 2.75) is 47.9 Å². The van der Waals surface area contributed by atoms with Crippen LogP contribution in [0.15, 0.2) is 60.7 Å². The van der Waals surface area contributed by atoms with Crippen molar-refractivity contribution in [1.29, 1.82) is 0 Å². The second-order valence-corrected chi connectivity index (χ2v) is 8.49. The molecule has 1 aliphatic rings. The summed E-state index contributed by atoms with van der Waals surface area (Å²) in [5.74, 6) is 0. The third-order valence-electron chi connectivity index (χ3n) is 4.76. The SMILES string of the molecule is [2H]C(=O)C(Cl)O[C@H]1[C@H](OCc2ccccc2)[C@@H](OCc2ccccc2)C(O)(Br)O[C@@H]1CO.